The molecule has 0 bridgehead atoms. The van der Waals surface area contributed by atoms with Crippen molar-refractivity contribution in [2.24, 2.45) is 0 Å². The molecular weight excluding hydrogens is 284 g/mol. The van der Waals surface area contributed by atoms with Gasteiger partial charge in [0.05, 0.1) is 0 Å². The van der Waals surface area contributed by atoms with E-state index in [1.807, 2.05) is 27.7 Å². The van der Waals surface area contributed by atoms with Crippen LogP contribution >= 0.6 is 15.9 Å². The van der Waals surface area contributed by atoms with E-state index in [1.54, 1.807) is 0 Å². The molecule has 0 aliphatic rings. The lowest BCUT2D eigenvalue weighted by molar-refractivity contribution is 1.47. The zero-order valence-corrected chi connectivity index (χ0v) is 13.6. The molecule has 2 aromatic rings. The van der Waals surface area contributed by atoms with Crippen molar-refractivity contribution in [2.75, 3.05) is 0 Å². The van der Waals surface area contributed by atoms with E-state index in [2.05, 4.69) is 71.4 Å². The summed E-state index contributed by atoms with van der Waals surface area (Å²) in [5.41, 5.74) is 3.82. The topological polar surface area (TPSA) is 0 Å². The van der Waals surface area contributed by atoms with Crippen LogP contribution in [-0.4, -0.2) is 0 Å². The molecule has 0 atom stereocenters. The average Bonchev–Trinajstić information content (AvgIpc) is 2.45. The molecule has 0 spiro atoms. The summed E-state index contributed by atoms with van der Waals surface area (Å²) in [6, 6.07) is 16.9. The van der Waals surface area contributed by atoms with Gasteiger partial charge in [-0.2, -0.15) is 0 Å². The molecule has 0 saturated carbocycles. The minimum absolute atomic E-state index is 1.12. The van der Waals surface area contributed by atoms with Crippen molar-refractivity contribution in [3.63, 3.8) is 0 Å². The Hall–Kier alpha value is -1.08. The van der Waals surface area contributed by atoms with Crippen molar-refractivity contribution in [3.8, 4) is 11.1 Å². The van der Waals surface area contributed by atoms with Crippen LogP contribution in [0.2, 0.25) is 0 Å². The fourth-order valence-electron chi connectivity index (χ4n) is 1.39. The summed E-state index contributed by atoms with van der Waals surface area (Å²) in [6.45, 7) is 10.1. The predicted molar refractivity (Wildman–Crippen MR) is 87.0 cm³/mol. The molecule has 0 N–H and O–H groups in total. The second-order valence-electron chi connectivity index (χ2n) is 3.37. The molecule has 0 heterocycles. The van der Waals surface area contributed by atoms with Crippen LogP contribution in [0.4, 0.5) is 0 Å². The highest BCUT2D eigenvalue weighted by molar-refractivity contribution is 9.10. The summed E-state index contributed by atoms with van der Waals surface area (Å²) >= 11 is 3.43. The van der Waals surface area contributed by atoms with Gasteiger partial charge in [-0.05, 0) is 30.2 Å². The van der Waals surface area contributed by atoms with Crippen molar-refractivity contribution in [3.05, 3.63) is 58.6 Å². The molecular formula is C17H23Br. The third-order valence-electron chi connectivity index (χ3n) is 2.23. The smallest absolute Gasteiger partial charge is 0.0175 e. The van der Waals surface area contributed by atoms with Crippen LogP contribution in [0.3, 0.4) is 0 Å². The van der Waals surface area contributed by atoms with Crippen molar-refractivity contribution in [1.82, 2.24) is 0 Å². The van der Waals surface area contributed by atoms with Gasteiger partial charge in [-0.3, -0.25) is 0 Å². The quantitative estimate of drug-likeness (QED) is 0.566. The summed E-state index contributed by atoms with van der Waals surface area (Å²) in [4.78, 5) is 0. The number of halogens is 1. The van der Waals surface area contributed by atoms with Crippen molar-refractivity contribution in [1.29, 1.82) is 0 Å². The number of aryl methyl sites for hydroxylation is 1. The predicted octanol–water partition coefficient (Wildman–Crippen LogP) is 6.48. The third kappa shape index (κ3) is 5.50. The highest BCUT2D eigenvalue weighted by Gasteiger charge is 1.95. The Morgan fingerprint density at radius 3 is 1.33 bits per heavy atom. The van der Waals surface area contributed by atoms with E-state index in [0.29, 0.717) is 0 Å². The molecule has 2 aromatic carbocycles. The Balaban J connectivity index is 0.000000659. The van der Waals surface area contributed by atoms with Gasteiger partial charge < -0.3 is 0 Å². The number of benzene rings is 2. The number of rotatable bonds is 1. The zero-order chi connectivity index (χ0) is 14.0. The molecule has 0 nitrogen and oxygen atoms in total. The van der Waals surface area contributed by atoms with E-state index in [1.165, 1.54) is 16.7 Å². The monoisotopic (exact) mass is 306 g/mol. The lowest BCUT2D eigenvalue weighted by Crippen LogP contribution is -1.77. The minimum Gasteiger partial charge on any atom is -0.0683 e. The van der Waals surface area contributed by atoms with Crippen LogP contribution < -0.4 is 0 Å². The van der Waals surface area contributed by atoms with Crippen LogP contribution in [0.25, 0.3) is 11.1 Å². The van der Waals surface area contributed by atoms with E-state index in [-0.39, 0.29) is 0 Å². The summed E-state index contributed by atoms with van der Waals surface area (Å²) in [7, 11) is 0. The first-order chi connectivity index (χ1) is 8.75. The molecule has 0 fully saturated rings. The van der Waals surface area contributed by atoms with Gasteiger partial charge in [0.25, 0.3) is 0 Å². The number of hydrogen-bond donors (Lipinski definition) is 0. The molecule has 0 radical (unpaired) electrons. The maximum absolute atomic E-state index is 3.43. The second-order valence-corrected chi connectivity index (χ2v) is 4.29. The molecule has 0 aliphatic carbocycles. The summed E-state index contributed by atoms with van der Waals surface area (Å²) in [5.74, 6) is 0. The summed E-state index contributed by atoms with van der Waals surface area (Å²) in [5, 5.41) is 0. The van der Waals surface area contributed by atoms with Crippen LogP contribution in [0.1, 0.15) is 33.3 Å². The van der Waals surface area contributed by atoms with Gasteiger partial charge in [0, 0.05) is 4.47 Å². The van der Waals surface area contributed by atoms with Gasteiger partial charge in [-0.1, -0.05) is 85.6 Å². The van der Waals surface area contributed by atoms with Crippen LogP contribution in [0, 0.1) is 6.92 Å². The molecule has 0 aromatic heterocycles. The summed E-state index contributed by atoms with van der Waals surface area (Å²) in [6.07, 6.45) is 0. The fourth-order valence-corrected chi connectivity index (χ4v) is 1.65. The van der Waals surface area contributed by atoms with Gasteiger partial charge >= 0.3 is 0 Å². The maximum Gasteiger partial charge on any atom is 0.0175 e. The molecule has 1 heteroatoms. The Bertz CT molecular complexity index is 369. The average molecular weight is 307 g/mol. The van der Waals surface area contributed by atoms with Gasteiger partial charge in [0.15, 0.2) is 0 Å². The standard InChI is InChI=1S/C13H11Br.2C2H6/c1-10-2-4-11(5-3-10)12-6-8-13(14)9-7-12;2*1-2/h2-9H,1H3;2*1-2H3. The molecule has 0 saturated heterocycles. The first-order valence-electron chi connectivity index (χ1n) is 6.58. The Kier molecular flexibility index (Phi) is 9.31. The zero-order valence-electron chi connectivity index (χ0n) is 12.0. The highest BCUT2D eigenvalue weighted by Crippen LogP contribution is 2.21. The first kappa shape index (κ1) is 16.9. The molecule has 0 aliphatic heterocycles. The SMILES string of the molecule is CC.CC.Cc1ccc(-c2ccc(Br)cc2)cc1. The lowest BCUT2D eigenvalue weighted by Gasteiger charge is -2.01. The summed E-state index contributed by atoms with van der Waals surface area (Å²) < 4.78 is 1.12. The molecule has 2 rings (SSSR count). The van der Waals surface area contributed by atoms with Gasteiger partial charge in [0.1, 0.15) is 0 Å². The van der Waals surface area contributed by atoms with Gasteiger partial charge in [-0.15, -0.1) is 0 Å². The van der Waals surface area contributed by atoms with E-state index in [0.717, 1.165) is 4.47 Å². The number of hydrogen-bond acceptors (Lipinski definition) is 0. The Labute approximate surface area is 120 Å². The van der Waals surface area contributed by atoms with Crippen molar-refractivity contribution < 1.29 is 0 Å². The molecule has 0 unspecified atom stereocenters. The van der Waals surface area contributed by atoms with E-state index >= 15 is 0 Å². The minimum atomic E-state index is 1.12. The Morgan fingerprint density at radius 2 is 0.944 bits per heavy atom. The van der Waals surface area contributed by atoms with Gasteiger partial charge in [-0.25, -0.2) is 0 Å². The maximum atomic E-state index is 3.43. The van der Waals surface area contributed by atoms with Crippen molar-refractivity contribution >= 4 is 15.9 Å². The van der Waals surface area contributed by atoms with Crippen LogP contribution in [-0.2, 0) is 0 Å². The van der Waals surface area contributed by atoms with Crippen LogP contribution in [0.5, 0.6) is 0 Å². The van der Waals surface area contributed by atoms with Gasteiger partial charge in [0.2, 0.25) is 0 Å². The lowest BCUT2D eigenvalue weighted by atomic mass is 10.0. The first-order valence-corrected chi connectivity index (χ1v) is 7.37. The normalized spacial score (nSPS) is 8.56. The molecule has 18 heavy (non-hydrogen) atoms. The molecule has 98 valence electrons. The largest absolute Gasteiger partial charge is 0.0683 e. The second kappa shape index (κ2) is 9.90. The van der Waals surface area contributed by atoms with E-state index in [4.69, 9.17) is 0 Å². The van der Waals surface area contributed by atoms with E-state index in [9.17, 15) is 0 Å². The fraction of sp³-hybridized carbons (Fsp3) is 0.294. The third-order valence-corrected chi connectivity index (χ3v) is 2.76. The Morgan fingerprint density at radius 1 is 0.611 bits per heavy atom. The van der Waals surface area contributed by atoms with Crippen LogP contribution in [0.15, 0.2) is 53.0 Å². The highest BCUT2D eigenvalue weighted by atomic mass is 79.9. The van der Waals surface area contributed by atoms with Crippen molar-refractivity contribution in [2.45, 2.75) is 34.6 Å². The van der Waals surface area contributed by atoms with E-state index < -0.39 is 0 Å². The molecule has 0 amide bonds.